The van der Waals surface area contributed by atoms with Crippen molar-refractivity contribution in [3.63, 3.8) is 0 Å². The van der Waals surface area contributed by atoms with Gasteiger partial charge in [-0.05, 0) is 62.9 Å². The number of allylic oxidation sites excluding steroid dienone is 7. The van der Waals surface area contributed by atoms with Gasteiger partial charge in [0.25, 0.3) is 0 Å². The van der Waals surface area contributed by atoms with Crippen LogP contribution in [0.5, 0.6) is 0 Å². The van der Waals surface area contributed by atoms with Crippen molar-refractivity contribution >= 4 is 46.9 Å². The highest BCUT2D eigenvalue weighted by atomic mass is 35.5. The van der Waals surface area contributed by atoms with Crippen molar-refractivity contribution in [2.24, 2.45) is 10.9 Å². The third-order valence-corrected chi connectivity index (χ3v) is 9.33. The van der Waals surface area contributed by atoms with Crippen molar-refractivity contribution < 1.29 is 4.79 Å². The fraction of sp³-hybridized carbons (Fsp3) is 0.647. The van der Waals surface area contributed by atoms with Crippen molar-refractivity contribution in [2.75, 3.05) is 58.3 Å². The number of amides is 1. The van der Waals surface area contributed by atoms with E-state index < -0.39 is 0 Å². The Balaban J connectivity index is 0.000000397. The number of fused-ring (bicyclic) bond motifs is 1. The van der Waals surface area contributed by atoms with Crippen LogP contribution in [0.2, 0.25) is 0 Å². The Morgan fingerprint density at radius 3 is 2.52 bits per heavy atom. The predicted octanol–water partition coefficient (Wildman–Crippen LogP) is 8.96. The Morgan fingerprint density at radius 2 is 1.86 bits per heavy atom. The van der Waals surface area contributed by atoms with E-state index in [2.05, 4.69) is 67.3 Å². The van der Waals surface area contributed by atoms with E-state index in [1.807, 2.05) is 45.7 Å². The summed E-state index contributed by atoms with van der Waals surface area (Å²) in [4.78, 5) is 24.4. The van der Waals surface area contributed by atoms with Crippen LogP contribution in [0.4, 0.5) is 0 Å². The summed E-state index contributed by atoms with van der Waals surface area (Å²) in [6, 6.07) is 0. The maximum Gasteiger partial charge on any atom is 0.223 e. The summed E-state index contributed by atoms with van der Waals surface area (Å²) in [5, 5.41) is 3.17. The van der Waals surface area contributed by atoms with Crippen LogP contribution in [0.25, 0.3) is 0 Å². The first-order valence-electron chi connectivity index (χ1n) is 16.0. The molecule has 0 saturated carbocycles. The first kappa shape index (κ1) is 38.6. The highest BCUT2D eigenvalue weighted by Crippen LogP contribution is 2.35. The number of carbonyl (C=O) groups excluding carboxylic acids is 1. The summed E-state index contributed by atoms with van der Waals surface area (Å²) in [7, 11) is 4.04. The van der Waals surface area contributed by atoms with Crippen LogP contribution in [0, 0.1) is 5.92 Å². The van der Waals surface area contributed by atoms with Gasteiger partial charge in [0.05, 0.1) is 5.75 Å². The molecule has 5 nitrogen and oxygen atoms in total. The van der Waals surface area contributed by atoms with E-state index in [1.54, 1.807) is 16.7 Å². The number of likely N-dealkylation sites (N-methyl/N-ethyl adjacent to an activating group) is 1. The minimum absolute atomic E-state index is 0.216. The lowest BCUT2D eigenvalue weighted by molar-refractivity contribution is -0.129. The average Bonchev–Trinajstić information content (AvgIpc) is 3.01. The molecule has 42 heavy (non-hydrogen) atoms. The van der Waals surface area contributed by atoms with Gasteiger partial charge in [0, 0.05) is 67.0 Å². The smallest absolute Gasteiger partial charge is 0.223 e. The molecule has 0 fully saturated rings. The molecule has 238 valence electrons. The summed E-state index contributed by atoms with van der Waals surface area (Å²) in [6.45, 7) is 17.7. The van der Waals surface area contributed by atoms with Crippen LogP contribution < -0.4 is 0 Å². The molecule has 3 rings (SSSR count). The van der Waals surface area contributed by atoms with Gasteiger partial charge in [-0.25, -0.2) is 0 Å². The zero-order valence-corrected chi connectivity index (χ0v) is 30.0. The van der Waals surface area contributed by atoms with E-state index in [0.29, 0.717) is 12.3 Å². The van der Waals surface area contributed by atoms with Crippen LogP contribution in [-0.2, 0) is 4.79 Å². The van der Waals surface area contributed by atoms with Crippen molar-refractivity contribution in [3.8, 4) is 0 Å². The minimum atomic E-state index is 0.216. The molecule has 0 saturated heterocycles. The average molecular weight is 637 g/mol. The molecule has 1 unspecified atom stereocenters. The van der Waals surface area contributed by atoms with Gasteiger partial charge < -0.3 is 14.7 Å². The molecule has 0 radical (unpaired) electrons. The fourth-order valence-corrected chi connectivity index (χ4v) is 6.33. The van der Waals surface area contributed by atoms with Crippen LogP contribution in [0.1, 0.15) is 80.1 Å². The van der Waals surface area contributed by atoms with Crippen LogP contribution in [-0.4, -0.2) is 84.8 Å². The zero-order valence-electron chi connectivity index (χ0n) is 27.6. The van der Waals surface area contributed by atoms with Crippen molar-refractivity contribution in [3.05, 3.63) is 57.0 Å². The van der Waals surface area contributed by atoms with E-state index in [0.717, 1.165) is 55.7 Å². The number of aliphatic imine (C=N–C) groups is 1. The van der Waals surface area contributed by atoms with Crippen LogP contribution in [0.3, 0.4) is 0 Å². The Bertz CT molecular complexity index is 986. The molecule has 3 aliphatic rings. The summed E-state index contributed by atoms with van der Waals surface area (Å²) < 4.78 is 0. The van der Waals surface area contributed by atoms with E-state index >= 15 is 0 Å². The second kappa shape index (κ2) is 23.0. The largest absolute Gasteiger partial charge is 0.346 e. The lowest BCUT2D eigenvalue weighted by atomic mass is 9.88. The van der Waals surface area contributed by atoms with Gasteiger partial charge in [0.15, 0.2) is 0 Å². The van der Waals surface area contributed by atoms with Gasteiger partial charge in [-0.15, -0.1) is 23.5 Å². The number of halogens is 1. The maximum absolute atomic E-state index is 11.7. The lowest BCUT2D eigenvalue weighted by Gasteiger charge is -2.33. The van der Waals surface area contributed by atoms with Gasteiger partial charge in [-0.3, -0.25) is 9.79 Å². The summed E-state index contributed by atoms with van der Waals surface area (Å²) in [5.74, 6) is 3.82. The van der Waals surface area contributed by atoms with Crippen LogP contribution >= 0.6 is 35.1 Å². The second-order valence-electron chi connectivity index (χ2n) is 10.4. The van der Waals surface area contributed by atoms with Gasteiger partial charge >= 0.3 is 0 Å². The van der Waals surface area contributed by atoms with Gasteiger partial charge in [-0.1, -0.05) is 77.3 Å². The highest BCUT2D eigenvalue weighted by Gasteiger charge is 2.21. The van der Waals surface area contributed by atoms with E-state index in [1.165, 1.54) is 47.7 Å². The molecule has 8 heteroatoms. The molecule has 2 aliphatic carbocycles. The van der Waals surface area contributed by atoms with Gasteiger partial charge in [0.1, 0.15) is 5.84 Å². The highest BCUT2D eigenvalue weighted by molar-refractivity contribution is 8.03. The third-order valence-electron chi connectivity index (χ3n) is 7.19. The first-order chi connectivity index (χ1) is 20.3. The number of carbonyl (C=O) groups is 1. The second-order valence-corrected chi connectivity index (χ2v) is 12.9. The third kappa shape index (κ3) is 14.4. The lowest BCUT2D eigenvalue weighted by Crippen LogP contribution is -2.39. The molecule has 1 heterocycles. The standard InChI is InChI=1S/C16H20ClNOS.C16H31N3S.C2H6/c1-3-18(2)16(19)8-9-20-15-7-5-12-10-14(17)6-4-13(12)11-15;1-5-8-10-17-16-14-20-13-15(12-18(4)7-3)19(16)11-9-6-2;1-2/h5-7,10-11,13H,3-4,8-9H2,1-2H3;13H,5-12,14H2,1-4H3;1-2H3. The molecule has 1 aliphatic heterocycles. The van der Waals surface area contributed by atoms with E-state index in [-0.39, 0.29) is 5.91 Å². The number of hydrogen-bond donors (Lipinski definition) is 0. The maximum atomic E-state index is 11.7. The van der Waals surface area contributed by atoms with Crippen molar-refractivity contribution in [2.45, 2.75) is 80.1 Å². The topological polar surface area (TPSA) is 39.1 Å². The molecule has 0 aromatic heterocycles. The number of unbranched alkanes of at least 4 members (excludes halogenated alkanes) is 2. The number of thioether (sulfide) groups is 2. The summed E-state index contributed by atoms with van der Waals surface area (Å²) >= 11 is 9.67. The number of rotatable bonds is 14. The molecule has 1 amide bonds. The number of amidine groups is 1. The summed E-state index contributed by atoms with van der Waals surface area (Å²) in [5.41, 5.74) is 2.71. The van der Waals surface area contributed by atoms with Crippen molar-refractivity contribution in [1.29, 1.82) is 0 Å². The Labute approximate surface area is 271 Å². The molecule has 0 spiro atoms. The van der Waals surface area contributed by atoms with E-state index in [9.17, 15) is 4.79 Å². The number of hydrogen-bond acceptors (Lipinski definition) is 5. The van der Waals surface area contributed by atoms with E-state index in [4.69, 9.17) is 16.6 Å². The molecule has 0 aromatic carbocycles. The Kier molecular flexibility index (Phi) is 21.2. The first-order valence-corrected chi connectivity index (χ1v) is 18.4. The fourth-order valence-electron chi connectivity index (χ4n) is 4.31. The predicted molar refractivity (Wildman–Crippen MR) is 192 cm³/mol. The summed E-state index contributed by atoms with van der Waals surface area (Å²) in [6.07, 6.45) is 17.1. The molecular weight excluding hydrogens is 580 g/mol. The molecule has 1 atom stereocenters. The Morgan fingerprint density at radius 1 is 1.12 bits per heavy atom. The van der Waals surface area contributed by atoms with Crippen LogP contribution in [0.15, 0.2) is 62.0 Å². The SMILES string of the molecule is CC.CCCCN=C1CSC=C(CN(C)CC)N1CCCC.CCN(C)C(=O)CCSC1=CC2CC=C(Cl)C=C2C=C1. The Hall–Kier alpha value is -1.41. The quantitative estimate of drug-likeness (QED) is 0.178. The zero-order chi connectivity index (χ0) is 31.3. The van der Waals surface area contributed by atoms with Crippen molar-refractivity contribution in [1.82, 2.24) is 14.7 Å². The molecule has 0 aromatic rings. The molecule has 0 N–H and O–H groups in total. The minimum Gasteiger partial charge on any atom is -0.346 e. The molecular formula is C34H57ClN4OS2. The van der Waals surface area contributed by atoms with Gasteiger partial charge in [-0.2, -0.15) is 0 Å². The normalized spacial score (nSPS) is 18.6. The van der Waals surface area contributed by atoms with Gasteiger partial charge in [0.2, 0.25) is 5.91 Å². The monoisotopic (exact) mass is 636 g/mol. The number of nitrogens with zero attached hydrogens (tertiary/aromatic N) is 4. The molecule has 0 bridgehead atoms.